The Morgan fingerprint density at radius 1 is 1.41 bits per heavy atom. The van der Waals surface area contributed by atoms with Gasteiger partial charge in [0.2, 0.25) is 0 Å². The molecule has 0 amide bonds. The van der Waals surface area contributed by atoms with Gasteiger partial charge in [0, 0.05) is 40.2 Å². The summed E-state index contributed by atoms with van der Waals surface area (Å²) in [5.41, 5.74) is 2.28. The number of anilines is 1. The number of rotatable bonds is 3. The van der Waals surface area contributed by atoms with Gasteiger partial charge >= 0.3 is 0 Å². The molecule has 5 heteroatoms. The SMILES string of the molecule is Clc1ccc2c(CNc3nccs3)c[nH]c2c1. The van der Waals surface area contributed by atoms with Gasteiger partial charge in [0.05, 0.1) is 0 Å². The molecule has 0 aliphatic heterocycles. The summed E-state index contributed by atoms with van der Waals surface area (Å²) in [6.07, 6.45) is 3.80. The number of nitrogens with zero attached hydrogens (tertiary/aromatic N) is 1. The van der Waals surface area contributed by atoms with Crippen molar-refractivity contribution in [3.63, 3.8) is 0 Å². The minimum absolute atomic E-state index is 0.749. The molecule has 0 bridgehead atoms. The third-order valence-electron chi connectivity index (χ3n) is 2.59. The number of aromatic amines is 1. The van der Waals surface area contributed by atoms with Crippen LogP contribution < -0.4 is 5.32 Å². The molecule has 0 unspecified atom stereocenters. The van der Waals surface area contributed by atoms with Crippen LogP contribution in [-0.2, 0) is 6.54 Å². The molecule has 1 aromatic carbocycles. The highest BCUT2D eigenvalue weighted by molar-refractivity contribution is 7.13. The van der Waals surface area contributed by atoms with Crippen molar-refractivity contribution in [2.75, 3.05) is 5.32 Å². The third kappa shape index (κ3) is 2.14. The molecule has 2 aromatic heterocycles. The zero-order chi connectivity index (χ0) is 11.7. The maximum Gasteiger partial charge on any atom is 0.182 e. The Morgan fingerprint density at radius 3 is 3.18 bits per heavy atom. The highest BCUT2D eigenvalue weighted by atomic mass is 35.5. The largest absolute Gasteiger partial charge is 0.361 e. The molecule has 0 spiro atoms. The van der Waals surface area contributed by atoms with Crippen LogP contribution in [0.1, 0.15) is 5.56 Å². The summed E-state index contributed by atoms with van der Waals surface area (Å²) in [6, 6.07) is 5.88. The summed E-state index contributed by atoms with van der Waals surface area (Å²) in [5.74, 6) is 0. The van der Waals surface area contributed by atoms with Crippen molar-refractivity contribution >= 4 is 39.0 Å². The van der Waals surface area contributed by atoms with E-state index < -0.39 is 0 Å². The second-order valence-corrected chi connectivity index (χ2v) is 5.03. The van der Waals surface area contributed by atoms with Crippen LogP contribution in [0, 0.1) is 0 Å². The van der Waals surface area contributed by atoms with Crippen molar-refractivity contribution in [2.24, 2.45) is 0 Å². The highest BCUT2D eigenvalue weighted by Crippen LogP contribution is 2.23. The van der Waals surface area contributed by atoms with Crippen LogP contribution in [0.2, 0.25) is 5.02 Å². The average molecular weight is 264 g/mol. The second-order valence-electron chi connectivity index (χ2n) is 3.69. The zero-order valence-corrected chi connectivity index (χ0v) is 10.5. The van der Waals surface area contributed by atoms with Crippen LogP contribution in [0.15, 0.2) is 36.0 Å². The van der Waals surface area contributed by atoms with Crippen LogP contribution in [0.25, 0.3) is 10.9 Å². The van der Waals surface area contributed by atoms with E-state index in [1.807, 2.05) is 29.8 Å². The molecule has 2 N–H and O–H groups in total. The van der Waals surface area contributed by atoms with E-state index in [0.717, 1.165) is 22.2 Å². The first kappa shape index (κ1) is 10.6. The van der Waals surface area contributed by atoms with Gasteiger partial charge in [-0.25, -0.2) is 4.98 Å². The first-order chi connectivity index (χ1) is 8.33. The lowest BCUT2D eigenvalue weighted by molar-refractivity contribution is 1.15. The number of H-pyrrole nitrogens is 1. The summed E-state index contributed by atoms with van der Waals surface area (Å²) in [7, 11) is 0. The Balaban J connectivity index is 1.86. The van der Waals surface area contributed by atoms with Gasteiger partial charge in [-0.2, -0.15) is 0 Å². The molecule has 0 aliphatic rings. The molecule has 3 aromatic rings. The Bertz CT molecular complexity index is 630. The predicted octanol–water partition coefficient (Wildman–Crippen LogP) is 3.89. The van der Waals surface area contributed by atoms with Gasteiger partial charge in [-0.3, -0.25) is 0 Å². The number of hydrogen-bond acceptors (Lipinski definition) is 3. The molecule has 3 rings (SSSR count). The Morgan fingerprint density at radius 2 is 2.35 bits per heavy atom. The van der Waals surface area contributed by atoms with Crippen molar-refractivity contribution in [1.29, 1.82) is 0 Å². The van der Waals surface area contributed by atoms with Crippen LogP contribution in [0.4, 0.5) is 5.13 Å². The van der Waals surface area contributed by atoms with Crippen molar-refractivity contribution in [1.82, 2.24) is 9.97 Å². The Labute approximate surface area is 107 Å². The number of hydrogen-bond donors (Lipinski definition) is 2. The number of halogens is 1. The van der Waals surface area contributed by atoms with Crippen LogP contribution in [0.3, 0.4) is 0 Å². The monoisotopic (exact) mass is 263 g/mol. The van der Waals surface area contributed by atoms with Crippen LogP contribution in [-0.4, -0.2) is 9.97 Å². The fourth-order valence-electron chi connectivity index (χ4n) is 1.79. The third-order valence-corrected chi connectivity index (χ3v) is 3.56. The van der Waals surface area contributed by atoms with E-state index in [1.165, 1.54) is 10.9 Å². The topological polar surface area (TPSA) is 40.7 Å². The first-order valence-corrected chi connectivity index (χ1v) is 6.47. The smallest absolute Gasteiger partial charge is 0.182 e. The molecule has 0 radical (unpaired) electrons. The van der Waals surface area contributed by atoms with E-state index in [1.54, 1.807) is 17.5 Å². The Kier molecular flexibility index (Phi) is 2.74. The minimum atomic E-state index is 0.749. The van der Waals surface area contributed by atoms with E-state index in [9.17, 15) is 0 Å². The lowest BCUT2D eigenvalue weighted by Crippen LogP contribution is -1.97. The number of thiazole rings is 1. The van der Waals surface area contributed by atoms with Gasteiger partial charge in [-0.05, 0) is 17.7 Å². The number of fused-ring (bicyclic) bond motifs is 1. The van der Waals surface area contributed by atoms with Crippen LogP contribution >= 0.6 is 22.9 Å². The first-order valence-electron chi connectivity index (χ1n) is 5.22. The minimum Gasteiger partial charge on any atom is -0.361 e. The molecule has 2 heterocycles. The quantitative estimate of drug-likeness (QED) is 0.753. The summed E-state index contributed by atoms with van der Waals surface area (Å²) in [4.78, 5) is 7.40. The van der Waals surface area contributed by atoms with Crippen molar-refractivity contribution < 1.29 is 0 Å². The summed E-state index contributed by atoms with van der Waals surface area (Å²) >= 11 is 7.54. The summed E-state index contributed by atoms with van der Waals surface area (Å²) < 4.78 is 0. The summed E-state index contributed by atoms with van der Waals surface area (Å²) in [6.45, 7) is 0.759. The standard InChI is InChI=1S/C12H10ClN3S/c13-9-1-2-10-8(6-15-11(10)5-9)7-16-12-14-3-4-17-12/h1-6,15H,7H2,(H,14,16). The average Bonchev–Trinajstić information content (AvgIpc) is 2.94. The molecule has 0 saturated heterocycles. The molecule has 0 atom stereocenters. The normalized spacial score (nSPS) is 10.9. The number of aromatic nitrogens is 2. The van der Waals surface area contributed by atoms with Gasteiger partial charge in [0.15, 0.2) is 5.13 Å². The number of nitrogens with one attached hydrogen (secondary N) is 2. The second kappa shape index (κ2) is 4.39. The van der Waals surface area contributed by atoms with Crippen LogP contribution in [0.5, 0.6) is 0 Å². The van der Waals surface area contributed by atoms with Gasteiger partial charge in [-0.1, -0.05) is 17.7 Å². The Hall–Kier alpha value is -1.52. The predicted molar refractivity (Wildman–Crippen MR) is 72.7 cm³/mol. The molecule has 86 valence electrons. The maximum atomic E-state index is 5.94. The van der Waals surface area contributed by atoms with Crippen molar-refractivity contribution in [3.8, 4) is 0 Å². The van der Waals surface area contributed by atoms with E-state index in [4.69, 9.17) is 11.6 Å². The van der Waals surface area contributed by atoms with Gasteiger partial charge in [0.1, 0.15) is 0 Å². The lowest BCUT2D eigenvalue weighted by Gasteiger charge is -2.01. The van der Waals surface area contributed by atoms with Crippen molar-refractivity contribution in [3.05, 3.63) is 46.6 Å². The number of benzene rings is 1. The van der Waals surface area contributed by atoms with E-state index in [0.29, 0.717) is 0 Å². The molecule has 17 heavy (non-hydrogen) atoms. The molecular formula is C12H10ClN3S. The van der Waals surface area contributed by atoms with E-state index in [2.05, 4.69) is 15.3 Å². The van der Waals surface area contributed by atoms with E-state index >= 15 is 0 Å². The van der Waals surface area contributed by atoms with Crippen molar-refractivity contribution in [2.45, 2.75) is 6.54 Å². The maximum absolute atomic E-state index is 5.94. The zero-order valence-electron chi connectivity index (χ0n) is 8.90. The fraction of sp³-hybridized carbons (Fsp3) is 0.0833. The summed E-state index contributed by atoms with van der Waals surface area (Å²) in [5, 5.41) is 8.12. The molecule has 0 fully saturated rings. The molecule has 0 saturated carbocycles. The van der Waals surface area contributed by atoms with E-state index in [-0.39, 0.29) is 0 Å². The fourth-order valence-corrected chi connectivity index (χ4v) is 2.49. The highest BCUT2D eigenvalue weighted by Gasteiger charge is 2.04. The lowest BCUT2D eigenvalue weighted by atomic mass is 10.2. The van der Waals surface area contributed by atoms with Gasteiger partial charge in [-0.15, -0.1) is 11.3 Å². The molecular weight excluding hydrogens is 254 g/mol. The molecule has 0 aliphatic carbocycles. The van der Waals surface area contributed by atoms with Gasteiger partial charge in [0.25, 0.3) is 0 Å². The van der Waals surface area contributed by atoms with Gasteiger partial charge < -0.3 is 10.3 Å². The molecule has 3 nitrogen and oxygen atoms in total.